The third-order valence-electron chi connectivity index (χ3n) is 7.34. The first kappa shape index (κ1) is 25.7. The van der Waals surface area contributed by atoms with E-state index < -0.39 is 6.04 Å². The van der Waals surface area contributed by atoms with Crippen LogP contribution in [0.5, 0.6) is 0 Å². The van der Waals surface area contributed by atoms with Crippen LogP contribution in [-0.4, -0.2) is 52.5 Å². The molecule has 2 aliphatic rings. The van der Waals surface area contributed by atoms with Crippen molar-refractivity contribution in [1.29, 1.82) is 0 Å². The number of nitrogens with zero attached hydrogens (tertiary/aromatic N) is 3. The van der Waals surface area contributed by atoms with E-state index in [-0.39, 0.29) is 35.5 Å². The summed E-state index contributed by atoms with van der Waals surface area (Å²) in [6.07, 6.45) is 3.20. The molecule has 2 amide bonds. The summed E-state index contributed by atoms with van der Waals surface area (Å²) in [6, 6.07) is 5.83. The number of carbonyl (C=O) groups is 2. The van der Waals surface area contributed by atoms with Crippen LogP contribution in [0.2, 0.25) is 0 Å². The molecule has 196 valence electrons. The SMILES string of the molecule is Cc1cc(-c2csc([C@@H]3CCCN3C(=O)[C@@H](NC(=O)C(C)C)C3CCOCC3)n2)c2cc(F)ccc2n1. The second-order valence-electron chi connectivity index (χ2n) is 10.3. The molecule has 0 aliphatic carbocycles. The van der Waals surface area contributed by atoms with Gasteiger partial charge in [0.05, 0.1) is 17.3 Å². The van der Waals surface area contributed by atoms with Crippen molar-refractivity contribution in [3.05, 3.63) is 46.2 Å². The maximum atomic E-state index is 14.1. The van der Waals surface area contributed by atoms with Gasteiger partial charge in [-0.1, -0.05) is 13.8 Å². The molecule has 3 aromatic rings. The fourth-order valence-electron chi connectivity index (χ4n) is 5.32. The van der Waals surface area contributed by atoms with Gasteiger partial charge in [-0.2, -0.15) is 0 Å². The predicted molar refractivity (Wildman–Crippen MR) is 142 cm³/mol. The van der Waals surface area contributed by atoms with Crippen molar-refractivity contribution in [3.63, 3.8) is 0 Å². The van der Waals surface area contributed by atoms with Crippen molar-refractivity contribution in [2.75, 3.05) is 19.8 Å². The Hall–Kier alpha value is -2.91. The average Bonchev–Trinajstić information content (AvgIpc) is 3.57. The van der Waals surface area contributed by atoms with Gasteiger partial charge in [-0.3, -0.25) is 14.6 Å². The summed E-state index contributed by atoms with van der Waals surface area (Å²) >= 11 is 1.52. The first-order valence-electron chi connectivity index (χ1n) is 13.0. The quantitative estimate of drug-likeness (QED) is 0.489. The molecule has 9 heteroatoms. The van der Waals surface area contributed by atoms with Gasteiger partial charge >= 0.3 is 0 Å². The van der Waals surface area contributed by atoms with Gasteiger partial charge in [0.2, 0.25) is 11.8 Å². The topological polar surface area (TPSA) is 84.4 Å². The van der Waals surface area contributed by atoms with Crippen LogP contribution in [0, 0.1) is 24.6 Å². The van der Waals surface area contributed by atoms with Crippen LogP contribution >= 0.6 is 11.3 Å². The van der Waals surface area contributed by atoms with Crippen LogP contribution in [0.3, 0.4) is 0 Å². The van der Waals surface area contributed by atoms with Crippen molar-refractivity contribution >= 4 is 34.1 Å². The number of aryl methyl sites for hydroxylation is 1. The molecule has 0 bridgehead atoms. The Labute approximate surface area is 220 Å². The highest BCUT2D eigenvalue weighted by Gasteiger charge is 2.40. The number of carbonyl (C=O) groups excluding carboxylic acids is 2. The number of likely N-dealkylation sites (tertiary alicyclic amines) is 1. The van der Waals surface area contributed by atoms with Crippen LogP contribution in [0.25, 0.3) is 22.2 Å². The Bertz CT molecular complexity index is 1300. The van der Waals surface area contributed by atoms with E-state index in [0.29, 0.717) is 19.8 Å². The Kier molecular flexibility index (Phi) is 7.53. The molecule has 1 N–H and O–H groups in total. The first-order valence-corrected chi connectivity index (χ1v) is 13.9. The van der Waals surface area contributed by atoms with E-state index in [1.807, 2.05) is 37.1 Å². The number of benzene rings is 1. The molecule has 7 nitrogen and oxygen atoms in total. The first-order chi connectivity index (χ1) is 17.8. The zero-order chi connectivity index (χ0) is 26.1. The predicted octanol–water partition coefficient (Wildman–Crippen LogP) is 5.04. The number of amides is 2. The number of hydrogen-bond acceptors (Lipinski definition) is 6. The lowest BCUT2D eigenvalue weighted by atomic mass is 9.90. The van der Waals surface area contributed by atoms with Crippen molar-refractivity contribution in [3.8, 4) is 11.3 Å². The van der Waals surface area contributed by atoms with Gasteiger partial charge in [0.25, 0.3) is 0 Å². The van der Waals surface area contributed by atoms with Crippen LogP contribution in [0.1, 0.15) is 56.3 Å². The van der Waals surface area contributed by atoms with Gasteiger partial charge in [0.15, 0.2) is 0 Å². The standard InChI is InChI=1S/C28H33FN4O3S/c1-16(2)26(34)32-25(18-8-11-36-12-9-18)28(35)33-10-4-5-24(33)27-31-23(15-37-27)20-13-17(3)30-22-7-6-19(29)14-21(20)22/h6-7,13-16,18,24-25H,4-5,8-12H2,1-3H3,(H,32,34)/t24-,25-/m0/s1. The normalized spacial score (nSPS) is 19.5. The summed E-state index contributed by atoms with van der Waals surface area (Å²) < 4.78 is 19.6. The Morgan fingerprint density at radius 3 is 2.70 bits per heavy atom. The molecule has 1 aromatic carbocycles. The third kappa shape index (κ3) is 5.38. The second-order valence-corrected chi connectivity index (χ2v) is 11.2. The fourth-order valence-corrected chi connectivity index (χ4v) is 6.29. The highest BCUT2D eigenvalue weighted by Crippen LogP contribution is 2.38. The number of fused-ring (bicyclic) bond motifs is 1. The maximum Gasteiger partial charge on any atom is 0.246 e. The zero-order valence-electron chi connectivity index (χ0n) is 21.5. The minimum absolute atomic E-state index is 0.0348. The number of ether oxygens (including phenoxy) is 1. The molecule has 0 radical (unpaired) electrons. The summed E-state index contributed by atoms with van der Waals surface area (Å²) in [5.74, 6) is -0.602. The van der Waals surface area contributed by atoms with Crippen LogP contribution in [0.15, 0.2) is 29.6 Å². The molecule has 2 aromatic heterocycles. The van der Waals surface area contributed by atoms with Gasteiger partial charge in [0.1, 0.15) is 16.9 Å². The highest BCUT2D eigenvalue weighted by molar-refractivity contribution is 7.10. The minimum Gasteiger partial charge on any atom is -0.381 e. The monoisotopic (exact) mass is 524 g/mol. The lowest BCUT2D eigenvalue weighted by Gasteiger charge is -2.34. The lowest BCUT2D eigenvalue weighted by molar-refractivity contribution is -0.140. The van der Waals surface area contributed by atoms with E-state index in [0.717, 1.165) is 58.5 Å². The lowest BCUT2D eigenvalue weighted by Crippen LogP contribution is -2.53. The van der Waals surface area contributed by atoms with Crippen molar-refractivity contribution < 1.29 is 18.7 Å². The maximum absolute atomic E-state index is 14.1. The largest absolute Gasteiger partial charge is 0.381 e. The van der Waals surface area contributed by atoms with E-state index in [1.54, 1.807) is 6.07 Å². The van der Waals surface area contributed by atoms with Crippen LogP contribution < -0.4 is 5.32 Å². The van der Waals surface area contributed by atoms with Gasteiger partial charge < -0.3 is 15.0 Å². The molecular weight excluding hydrogens is 491 g/mol. The minimum atomic E-state index is -0.561. The van der Waals surface area contributed by atoms with Gasteiger partial charge in [-0.15, -0.1) is 11.3 Å². The molecule has 2 aliphatic heterocycles. The van der Waals surface area contributed by atoms with E-state index in [9.17, 15) is 14.0 Å². The number of aromatic nitrogens is 2. The van der Waals surface area contributed by atoms with E-state index in [1.165, 1.54) is 23.5 Å². The summed E-state index contributed by atoms with van der Waals surface area (Å²) in [6.45, 7) is 7.44. The smallest absolute Gasteiger partial charge is 0.246 e. The van der Waals surface area contributed by atoms with E-state index in [4.69, 9.17) is 9.72 Å². The zero-order valence-corrected chi connectivity index (χ0v) is 22.3. The van der Waals surface area contributed by atoms with Crippen molar-refractivity contribution in [2.24, 2.45) is 11.8 Å². The number of thiazole rings is 1. The number of hydrogen-bond donors (Lipinski definition) is 1. The van der Waals surface area contributed by atoms with Gasteiger partial charge in [-0.25, -0.2) is 9.37 Å². The average molecular weight is 525 g/mol. The summed E-state index contributed by atoms with van der Waals surface area (Å²) in [4.78, 5) is 37.9. The summed E-state index contributed by atoms with van der Waals surface area (Å²) in [5, 5.41) is 6.61. The highest BCUT2D eigenvalue weighted by atomic mass is 32.1. The second kappa shape index (κ2) is 10.8. The Balaban J connectivity index is 1.43. The van der Waals surface area contributed by atoms with Crippen LogP contribution in [0.4, 0.5) is 4.39 Å². The molecular formula is C28H33FN4O3S. The fraction of sp³-hybridized carbons (Fsp3) is 0.500. The van der Waals surface area contributed by atoms with E-state index in [2.05, 4.69) is 10.3 Å². The summed E-state index contributed by atoms with van der Waals surface area (Å²) in [7, 11) is 0. The molecule has 0 saturated carbocycles. The molecule has 5 rings (SSSR count). The number of rotatable bonds is 6. The molecule has 0 unspecified atom stereocenters. The van der Waals surface area contributed by atoms with Gasteiger partial charge in [0, 0.05) is 47.7 Å². The third-order valence-corrected chi connectivity index (χ3v) is 8.29. The summed E-state index contributed by atoms with van der Waals surface area (Å²) in [5.41, 5.74) is 3.16. The number of nitrogens with one attached hydrogen (secondary N) is 1. The molecule has 37 heavy (non-hydrogen) atoms. The molecule has 4 heterocycles. The molecule has 2 saturated heterocycles. The van der Waals surface area contributed by atoms with Crippen molar-refractivity contribution in [2.45, 2.75) is 58.5 Å². The Morgan fingerprint density at radius 1 is 1.16 bits per heavy atom. The van der Waals surface area contributed by atoms with Crippen molar-refractivity contribution in [1.82, 2.24) is 20.2 Å². The number of halogens is 1. The number of pyridine rings is 1. The van der Waals surface area contributed by atoms with E-state index >= 15 is 0 Å². The molecule has 0 spiro atoms. The molecule has 2 atom stereocenters. The molecule has 2 fully saturated rings. The Morgan fingerprint density at radius 2 is 1.95 bits per heavy atom. The van der Waals surface area contributed by atoms with Gasteiger partial charge in [-0.05, 0) is 62.8 Å². The van der Waals surface area contributed by atoms with Crippen LogP contribution in [-0.2, 0) is 14.3 Å².